The molecule has 0 atom stereocenters. The lowest BCUT2D eigenvalue weighted by Crippen LogP contribution is -1.97. The Morgan fingerprint density at radius 2 is 1.90 bits per heavy atom. The van der Waals surface area contributed by atoms with Crippen LogP contribution < -0.4 is 5.73 Å². The Hall–Kier alpha value is -2.20. The summed E-state index contributed by atoms with van der Waals surface area (Å²) >= 11 is 0. The van der Waals surface area contributed by atoms with Gasteiger partial charge in [0.15, 0.2) is 0 Å². The maximum Gasteiger partial charge on any atom is 0.140 e. The van der Waals surface area contributed by atoms with Crippen molar-refractivity contribution in [2.75, 3.05) is 0 Å². The van der Waals surface area contributed by atoms with Crippen molar-refractivity contribution in [1.29, 1.82) is 0 Å². The zero-order valence-electron chi connectivity index (χ0n) is 11.6. The zero-order valence-corrected chi connectivity index (χ0v) is 11.6. The molecule has 0 radical (unpaired) electrons. The van der Waals surface area contributed by atoms with Gasteiger partial charge in [0.2, 0.25) is 0 Å². The molecule has 0 saturated heterocycles. The predicted molar refractivity (Wildman–Crippen MR) is 79.5 cm³/mol. The third kappa shape index (κ3) is 2.70. The minimum atomic E-state index is 0.459. The molecule has 1 aromatic carbocycles. The van der Waals surface area contributed by atoms with E-state index in [1.165, 1.54) is 11.1 Å². The second kappa shape index (κ2) is 5.43. The minimum Gasteiger partial charge on any atom is -0.325 e. The number of nitrogens with zero attached hydrogens (tertiary/aromatic N) is 3. The van der Waals surface area contributed by atoms with Gasteiger partial charge in [0, 0.05) is 24.5 Å². The van der Waals surface area contributed by atoms with Crippen molar-refractivity contribution in [1.82, 2.24) is 14.4 Å². The van der Waals surface area contributed by atoms with Crippen LogP contribution in [0.4, 0.5) is 0 Å². The Bertz CT molecular complexity index is 713. The van der Waals surface area contributed by atoms with Crippen molar-refractivity contribution in [3.8, 4) is 0 Å². The molecule has 0 aliphatic rings. The molecule has 0 amide bonds. The highest BCUT2D eigenvalue weighted by Gasteiger charge is 2.03. The summed E-state index contributed by atoms with van der Waals surface area (Å²) in [6.07, 6.45) is 5.65. The molecule has 2 aromatic heterocycles. The Kier molecular flexibility index (Phi) is 3.48. The summed E-state index contributed by atoms with van der Waals surface area (Å²) in [5.74, 6) is 0. The number of nitrogens with two attached hydrogens (primary N) is 1. The van der Waals surface area contributed by atoms with E-state index in [2.05, 4.69) is 41.2 Å². The molecule has 3 aromatic rings. The number of rotatable bonds is 4. The van der Waals surface area contributed by atoms with Gasteiger partial charge in [-0.1, -0.05) is 29.8 Å². The molecule has 0 unspecified atom stereocenters. The van der Waals surface area contributed by atoms with Crippen molar-refractivity contribution in [3.63, 3.8) is 0 Å². The van der Waals surface area contributed by atoms with Crippen LogP contribution in [0.3, 0.4) is 0 Å². The molecule has 3 rings (SSSR count). The van der Waals surface area contributed by atoms with Gasteiger partial charge in [-0.3, -0.25) is 4.40 Å². The van der Waals surface area contributed by atoms with Crippen molar-refractivity contribution >= 4 is 5.65 Å². The third-order valence-electron chi connectivity index (χ3n) is 3.45. The Morgan fingerprint density at radius 3 is 2.65 bits per heavy atom. The van der Waals surface area contributed by atoms with Gasteiger partial charge < -0.3 is 5.73 Å². The van der Waals surface area contributed by atoms with Gasteiger partial charge in [0.05, 0.1) is 5.69 Å². The molecule has 0 aliphatic heterocycles. The van der Waals surface area contributed by atoms with Crippen LogP contribution in [0.2, 0.25) is 0 Å². The van der Waals surface area contributed by atoms with E-state index >= 15 is 0 Å². The fraction of sp³-hybridized carbons (Fsp3) is 0.250. The van der Waals surface area contributed by atoms with Crippen molar-refractivity contribution < 1.29 is 0 Å². The Morgan fingerprint density at radius 1 is 1.10 bits per heavy atom. The molecular formula is C16H18N4. The van der Waals surface area contributed by atoms with E-state index in [9.17, 15) is 0 Å². The normalized spacial score (nSPS) is 11.1. The third-order valence-corrected chi connectivity index (χ3v) is 3.45. The second-order valence-electron chi connectivity index (χ2n) is 5.07. The lowest BCUT2D eigenvalue weighted by Gasteiger charge is -2.02. The molecule has 2 heterocycles. The molecule has 0 fully saturated rings. The van der Waals surface area contributed by atoms with Crippen LogP contribution in [0.15, 0.2) is 42.9 Å². The average molecular weight is 266 g/mol. The molecule has 102 valence electrons. The van der Waals surface area contributed by atoms with Gasteiger partial charge in [0.1, 0.15) is 12.0 Å². The molecule has 4 nitrogen and oxygen atoms in total. The zero-order chi connectivity index (χ0) is 13.9. The Balaban J connectivity index is 1.75. The maximum absolute atomic E-state index is 5.60. The summed E-state index contributed by atoms with van der Waals surface area (Å²) in [5.41, 5.74) is 11.1. The summed E-state index contributed by atoms with van der Waals surface area (Å²) in [6, 6.07) is 10.7. The lowest BCUT2D eigenvalue weighted by molar-refractivity contribution is 0.894. The van der Waals surface area contributed by atoms with E-state index in [1.807, 2.05) is 23.0 Å². The highest BCUT2D eigenvalue weighted by molar-refractivity contribution is 5.40. The molecule has 0 aliphatic carbocycles. The monoisotopic (exact) mass is 266 g/mol. The van der Waals surface area contributed by atoms with Gasteiger partial charge in [-0.15, -0.1) is 0 Å². The molecule has 0 bridgehead atoms. The largest absolute Gasteiger partial charge is 0.325 e. The van der Waals surface area contributed by atoms with Crippen LogP contribution in [-0.2, 0) is 19.4 Å². The summed E-state index contributed by atoms with van der Waals surface area (Å²) in [6.45, 7) is 2.56. The smallest absolute Gasteiger partial charge is 0.140 e. The Labute approximate surface area is 118 Å². The maximum atomic E-state index is 5.60. The molecule has 2 N–H and O–H groups in total. The van der Waals surface area contributed by atoms with E-state index in [-0.39, 0.29) is 0 Å². The summed E-state index contributed by atoms with van der Waals surface area (Å²) in [7, 11) is 0. The highest BCUT2D eigenvalue weighted by Crippen LogP contribution is 2.10. The topological polar surface area (TPSA) is 56.2 Å². The van der Waals surface area contributed by atoms with E-state index in [0.717, 1.165) is 29.9 Å². The van der Waals surface area contributed by atoms with E-state index in [0.29, 0.717) is 6.54 Å². The number of benzene rings is 1. The fourth-order valence-corrected chi connectivity index (χ4v) is 2.24. The predicted octanol–water partition coefficient (Wildman–Crippen LogP) is 2.28. The van der Waals surface area contributed by atoms with Crippen LogP contribution in [0.5, 0.6) is 0 Å². The van der Waals surface area contributed by atoms with E-state index < -0.39 is 0 Å². The summed E-state index contributed by atoms with van der Waals surface area (Å²) in [4.78, 5) is 8.93. The number of hydrogen-bond donors (Lipinski definition) is 1. The molecule has 0 saturated carbocycles. The fourth-order valence-electron chi connectivity index (χ4n) is 2.24. The molecule has 0 spiro atoms. The van der Waals surface area contributed by atoms with Gasteiger partial charge in [0.25, 0.3) is 0 Å². The number of aryl methyl sites for hydroxylation is 3. The van der Waals surface area contributed by atoms with E-state index in [4.69, 9.17) is 5.73 Å². The number of imidazole rings is 1. The first kappa shape index (κ1) is 12.8. The first-order chi connectivity index (χ1) is 9.74. The number of hydrogen-bond acceptors (Lipinski definition) is 3. The SMILES string of the molecule is Cc1ccc(CCc2cc3nc(CN)cn3cn2)cc1. The van der Waals surface area contributed by atoms with E-state index in [1.54, 1.807) is 0 Å². The standard InChI is InChI=1S/C16H18N4/c1-12-2-4-13(5-3-12)6-7-14-8-16-19-15(9-17)10-20(16)11-18-14/h2-5,8,10-11H,6-7,9,17H2,1H3. The van der Waals surface area contributed by atoms with Gasteiger partial charge in [-0.25, -0.2) is 9.97 Å². The molecule has 4 heteroatoms. The average Bonchev–Trinajstić information content (AvgIpc) is 2.89. The first-order valence-corrected chi connectivity index (χ1v) is 6.83. The molecule has 20 heavy (non-hydrogen) atoms. The van der Waals surface area contributed by atoms with Gasteiger partial charge >= 0.3 is 0 Å². The number of aromatic nitrogens is 3. The van der Waals surface area contributed by atoms with Gasteiger partial charge in [-0.05, 0) is 25.3 Å². The minimum absolute atomic E-state index is 0.459. The van der Waals surface area contributed by atoms with Crippen molar-refractivity contribution in [2.45, 2.75) is 26.3 Å². The van der Waals surface area contributed by atoms with Crippen LogP contribution in [0, 0.1) is 6.92 Å². The van der Waals surface area contributed by atoms with Gasteiger partial charge in [-0.2, -0.15) is 0 Å². The van der Waals surface area contributed by atoms with Crippen LogP contribution >= 0.6 is 0 Å². The van der Waals surface area contributed by atoms with Crippen LogP contribution in [0.1, 0.15) is 22.5 Å². The van der Waals surface area contributed by atoms with Crippen LogP contribution in [0.25, 0.3) is 5.65 Å². The summed E-state index contributed by atoms with van der Waals surface area (Å²) < 4.78 is 1.91. The molecular weight excluding hydrogens is 248 g/mol. The van der Waals surface area contributed by atoms with Crippen molar-refractivity contribution in [2.24, 2.45) is 5.73 Å². The second-order valence-corrected chi connectivity index (χ2v) is 5.07. The summed E-state index contributed by atoms with van der Waals surface area (Å²) in [5, 5.41) is 0. The number of fused-ring (bicyclic) bond motifs is 1. The highest BCUT2D eigenvalue weighted by atomic mass is 15.0. The van der Waals surface area contributed by atoms with Crippen LogP contribution in [-0.4, -0.2) is 14.4 Å². The van der Waals surface area contributed by atoms with Crippen molar-refractivity contribution in [3.05, 3.63) is 65.4 Å². The first-order valence-electron chi connectivity index (χ1n) is 6.83. The quantitative estimate of drug-likeness (QED) is 0.788. The lowest BCUT2D eigenvalue weighted by atomic mass is 10.1.